The number of benzene rings is 2. The van der Waals surface area contributed by atoms with Crippen LogP contribution in [0.5, 0.6) is 6.01 Å². The van der Waals surface area contributed by atoms with Gasteiger partial charge in [0, 0.05) is 65.8 Å². The molecule has 0 unspecified atom stereocenters. The first-order chi connectivity index (χ1) is 22.5. The Labute approximate surface area is 271 Å². The molecule has 2 aromatic carbocycles. The fourth-order valence-corrected chi connectivity index (χ4v) is 8.89. The van der Waals surface area contributed by atoms with Gasteiger partial charge in [-0.3, -0.25) is 14.6 Å². The van der Waals surface area contributed by atoms with Crippen molar-refractivity contribution >= 4 is 39.1 Å². The molecule has 11 heteroatoms. The van der Waals surface area contributed by atoms with E-state index in [1.807, 2.05) is 59.5 Å². The van der Waals surface area contributed by atoms with Crippen molar-refractivity contribution in [1.82, 2.24) is 34.9 Å². The van der Waals surface area contributed by atoms with Gasteiger partial charge in [-0.15, -0.1) is 0 Å². The largest absolute Gasteiger partial charge is 0.461 e. The summed E-state index contributed by atoms with van der Waals surface area (Å²) in [6.45, 7) is 3.99. The second-order valence-corrected chi connectivity index (χ2v) is 13.8. The Morgan fingerprint density at radius 2 is 1.87 bits per heavy atom. The van der Waals surface area contributed by atoms with E-state index in [4.69, 9.17) is 26.3 Å². The molecule has 4 aliphatic heterocycles. The van der Waals surface area contributed by atoms with Gasteiger partial charge in [0.1, 0.15) is 23.6 Å². The summed E-state index contributed by atoms with van der Waals surface area (Å²) < 4.78 is 25.4. The van der Waals surface area contributed by atoms with Crippen LogP contribution in [-0.4, -0.2) is 79.5 Å². The van der Waals surface area contributed by atoms with Crippen LogP contribution in [0, 0.1) is 5.82 Å². The molecule has 0 aliphatic carbocycles. The van der Waals surface area contributed by atoms with Crippen molar-refractivity contribution in [3.63, 3.8) is 0 Å². The monoisotopic (exact) mass is 638 g/mol. The number of aromatic nitrogens is 5. The predicted molar refractivity (Wildman–Crippen MR) is 177 cm³/mol. The fourth-order valence-electron chi connectivity index (χ4n) is 8.61. The minimum atomic E-state index is -0.489. The zero-order valence-corrected chi connectivity index (χ0v) is 26.3. The predicted octanol–water partition coefficient (Wildman–Crippen LogP) is 5.85. The molecule has 1 N–H and O–H groups in total. The first-order valence-corrected chi connectivity index (χ1v) is 16.8. The highest BCUT2D eigenvalue weighted by atomic mass is 35.5. The molecule has 9 nitrogen and oxygen atoms in total. The number of hydrogen-bond acceptors (Lipinski definition) is 8. The summed E-state index contributed by atoms with van der Waals surface area (Å²) >= 11 is 6.65. The third-order valence-corrected chi connectivity index (χ3v) is 11.0. The Kier molecular flexibility index (Phi) is 6.87. The SMILES string of the molecule is Fc1c(-c2cccc3cccc(Cl)c23)ncc2c(N3C[C@H]4CC[C@@H](C3)N4)nc(OC[C@]34CCCN3[C@@H](Cn3cccn3)CC4)nc12. The van der Waals surface area contributed by atoms with E-state index >= 15 is 4.39 Å². The minimum Gasteiger partial charge on any atom is -0.461 e. The molecule has 9 rings (SSSR count). The van der Waals surface area contributed by atoms with Crippen LogP contribution in [0.1, 0.15) is 38.5 Å². The van der Waals surface area contributed by atoms with Crippen LogP contribution < -0.4 is 15.0 Å². The van der Waals surface area contributed by atoms with Crippen LogP contribution in [0.2, 0.25) is 5.02 Å². The van der Waals surface area contributed by atoms with Crippen molar-refractivity contribution in [3.8, 4) is 17.3 Å². The first kappa shape index (κ1) is 28.4. The minimum absolute atomic E-state index is 0.0773. The molecule has 4 saturated heterocycles. The number of pyridine rings is 1. The van der Waals surface area contributed by atoms with Crippen LogP contribution in [0.25, 0.3) is 32.9 Å². The number of rotatable bonds is 7. The van der Waals surface area contributed by atoms with Gasteiger partial charge < -0.3 is 15.0 Å². The molecule has 4 fully saturated rings. The molecule has 2 bridgehead atoms. The van der Waals surface area contributed by atoms with Crippen LogP contribution in [0.3, 0.4) is 0 Å². The highest BCUT2D eigenvalue weighted by molar-refractivity contribution is 6.36. The van der Waals surface area contributed by atoms with E-state index in [1.165, 1.54) is 0 Å². The topological polar surface area (TPSA) is 84.2 Å². The molecule has 0 radical (unpaired) electrons. The lowest BCUT2D eigenvalue weighted by Crippen LogP contribution is -2.51. The first-order valence-electron chi connectivity index (χ1n) is 16.5. The van der Waals surface area contributed by atoms with Crippen LogP contribution >= 0.6 is 11.6 Å². The molecular weight excluding hydrogens is 603 g/mol. The van der Waals surface area contributed by atoms with Crippen molar-refractivity contribution in [3.05, 3.63) is 71.9 Å². The van der Waals surface area contributed by atoms with Crippen molar-refractivity contribution in [2.75, 3.05) is 31.1 Å². The Hall–Kier alpha value is -3.86. The van der Waals surface area contributed by atoms with Gasteiger partial charge in [-0.1, -0.05) is 41.9 Å². The maximum atomic E-state index is 16.8. The summed E-state index contributed by atoms with van der Waals surface area (Å²) in [4.78, 5) is 19.3. The lowest BCUT2D eigenvalue weighted by atomic mass is 9.95. The van der Waals surface area contributed by atoms with Crippen LogP contribution in [-0.2, 0) is 6.54 Å². The van der Waals surface area contributed by atoms with E-state index in [1.54, 1.807) is 6.20 Å². The number of ether oxygens (including phenoxy) is 1. The molecule has 236 valence electrons. The van der Waals surface area contributed by atoms with Gasteiger partial charge in [-0.25, -0.2) is 4.39 Å². The molecule has 5 aromatic rings. The third-order valence-electron chi connectivity index (χ3n) is 10.7. The zero-order valence-electron chi connectivity index (χ0n) is 25.6. The maximum absolute atomic E-state index is 16.8. The quantitative estimate of drug-likeness (QED) is 0.238. The average molecular weight is 639 g/mol. The van der Waals surface area contributed by atoms with Gasteiger partial charge in [0.15, 0.2) is 5.82 Å². The summed E-state index contributed by atoms with van der Waals surface area (Å²) in [5.74, 6) is 0.202. The van der Waals surface area contributed by atoms with E-state index in [9.17, 15) is 0 Å². The molecule has 0 spiro atoms. The van der Waals surface area contributed by atoms with Gasteiger partial charge in [-0.2, -0.15) is 15.1 Å². The van der Waals surface area contributed by atoms with E-state index in [2.05, 4.69) is 25.2 Å². The van der Waals surface area contributed by atoms with Crippen molar-refractivity contribution in [2.45, 2.75) is 68.7 Å². The summed E-state index contributed by atoms with van der Waals surface area (Å²) in [6, 6.07) is 14.8. The number of nitrogens with zero attached hydrogens (tertiary/aromatic N) is 7. The molecule has 4 aliphatic rings. The van der Waals surface area contributed by atoms with Gasteiger partial charge in [0.25, 0.3) is 0 Å². The van der Waals surface area contributed by atoms with Crippen molar-refractivity contribution in [1.29, 1.82) is 0 Å². The molecule has 4 atom stereocenters. The van der Waals surface area contributed by atoms with Crippen LogP contribution in [0.4, 0.5) is 10.2 Å². The molecule has 0 saturated carbocycles. The number of nitrogens with one attached hydrogen (secondary N) is 1. The molecule has 46 heavy (non-hydrogen) atoms. The number of halogens is 2. The third kappa shape index (κ3) is 4.72. The summed E-state index contributed by atoms with van der Waals surface area (Å²) in [5.41, 5.74) is 1.01. The van der Waals surface area contributed by atoms with Gasteiger partial charge in [-0.05, 0) is 62.6 Å². The Balaban J connectivity index is 1.10. The molecule has 7 heterocycles. The number of fused-ring (bicyclic) bond motifs is 5. The lowest BCUT2D eigenvalue weighted by Gasteiger charge is -2.35. The zero-order chi connectivity index (χ0) is 30.8. The van der Waals surface area contributed by atoms with E-state index in [0.717, 1.165) is 75.5 Å². The molecule has 0 amide bonds. The van der Waals surface area contributed by atoms with Crippen molar-refractivity contribution in [2.24, 2.45) is 0 Å². The van der Waals surface area contributed by atoms with Gasteiger partial charge in [0.05, 0.1) is 17.5 Å². The molecular formula is C35H36ClFN8O. The number of hydrogen-bond donors (Lipinski definition) is 1. The standard InChI is InChI=1S/C35H36ClFN8O/c36-28-8-2-6-22-5-1-7-26(29(22)28)31-30(37)32-27(17-38-31)33(43-18-23-9-10-24(19-43)40-23)42-34(41-32)46-21-35-12-3-16-45(35)25(11-13-35)20-44-15-4-14-39-44/h1-2,4-8,14-15,17,23-25,40H,3,9-13,16,18-21H2/t23-,24+,25-,35-/m1/s1. The van der Waals surface area contributed by atoms with Gasteiger partial charge >= 0.3 is 6.01 Å². The summed E-state index contributed by atoms with van der Waals surface area (Å²) in [6.07, 6.45) is 12.2. The average Bonchev–Trinajstić information content (AvgIpc) is 3.87. The van der Waals surface area contributed by atoms with Crippen LogP contribution in [0.15, 0.2) is 61.1 Å². The van der Waals surface area contributed by atoms with E-state index in [0.29, 0.717) is 46.5 Å². The molecule has 3 aromatic heterocycles. The smallest absolute Gasteiger partial charge is 0.319 e. The normalized spacial score (nSPS) is 26.0. The highest BCUT2D eigenvalue weighted by Gasteiger charge is 2.50. The van der Waals surface area contributed by atoms with Crippen molar-refractivity contribution < 1.29 is 9.13 Å². The Morgan fingerprint density at radius 3 is 2.70 bits per heavy atom. The fraction of sp³-hybridized carbons (Fsp3) is 0.429. The summed E-state index contributed by atoms with van der Waals surface area (Å²) in [7, 11) is 0. The second-order valence-electron chi connectivity index (χ2n) is 13.4. The summed E-state index contributed by atoms with van der Waals surface area (Å²) in [5, 5.41) is 11.0. The maximum Gasteiger partial charge on any atom is 0.319 e. The second kappa shape index (κ2) is 11.1. The lowest BCUT2D eigenvalue weighted by molar-refractivity contribution is 0.0789. The van der Waals surface area contributed by atoms with E-state index < -0.39 is 5.82 Å². The van der Waals surface area contributed by atoms with Gasteiger partial charge in [0.2, 0.25) is 0 Å². The number of anilines is 1. The highest BCUT2D eigenvalue weighted by Crippen LogP contribution is 2.44. The Bertz CT molecular complexity index is 1920. The Morgan fingerprint density at radius 1 is 1.02 bits per heavy atom. The number of piperazine rings is 1. The van der Waals surface area contributed by atoms with E-state index in [-0.39, 0.29) is 22.8 Å².